The molecule has 2 aromatic rings. The van der Waals surface area contributed by atoms with Crippen LogP contribution in [0, 0.1) is 6.92 Å². The molecule has 5 heteroatoms. The zero-order chi connectivity index (χ0) is 16.2. The van der Waals surface area contributed by atoms with Crippen LogP contribution in [0.3, 0.4) is 0 Å². The third-order valence-electron chi connectivity index (χ3n) is 4.40. The quantitative estimate of drug-likeness (QED) is 0.692. The number of guanidine groups is 1. The molecule has 1 aromatic heterocycles. The molecule has 1 atom stereocenters. The summed E-state index contributed by atoms with van der Waals surface area (Å²) in [7, 11) is 3.90. The first kappa shape index (κ1) is 16.0. The van der Waals surface area contributed by atoms with Crippen molar-refractivity contribution in [3.8, 4) is 0 Å². The highest BCUT2D eigenvalue weighted by atomic mass is 32.1. The van der Waals surface area contributed by atoms with Gasteiger partial charge in [0, 0.05) is 31.9 Å². The summed E-state index contributed by atoms with van der Waals surface area (Å²) in [5.41, 5.74) is 4.10. The van der Waals surface area contributed by atoms with Gasteiger partial charge < -0.3 is 10.2 Å². The molecule has 1 aliphatic carbocycles. The van der Waals surface area contributed by atoms with E-state index in [1.807, 2.05) is 14.0 Å². The van der Waals surface area contributed by atoms with E-state index in [0.29, 0.717) is 5.92 Å². The Labute approximate surface area is 142 Å². The van der Waals surface area contributed by atoms with Crippen LogP contribution in [0.25, 0.3) is 0 Å². The summed E-state index contributed by atoms with van der Waals surface area (Å²) >= 11 is 1.69. The van der Waals surface area contributed by atoms with Gasteiger partial charge in [0.05, 0.1) is 17.2 Å². The molecule has 3 rings (SSSR count). The number of nitrogens with one attached hydrogen (secondary N) is 1. The van der Waals surface area contributed by atoms with Gasteiger partial charge in [0.15, 0.2) is 5.96 Å². The van der Waals surface area contributed by atoms with Crippen LogP contribution in [0.4, 0.5) is 0 Å². The Hall–Kier alpha value is -1.88. The lowest BCUT2D eigenvalue weighted by molar-refractivity contribution is 0.466. The summed E-state index contributed by atoms with van der Waals surface area (Å²) in [5.74, 6) is 1.51. The summed E-state index contributed by atoms with van der Waals surface area (Å²) in [5, 5.41) is 6.76. The van der Waals surface area contributed by atoms with Gasteiger partial charge in [-0.25, -0.2) is 4.98 Å². The molecule has 0 fully saturated rings. The molecule has 0 saturated carbocycles. The van der Waals surface area contributed by atoms with Crippen molar-refractivity contribution in [2.75, 3.05) is 20.6 Å². The fourth-order valence-corrected chi connectivity index (χ4v) is 3.86. The Morgan fingerprint density at radius 3 is 3.00 bits per heavy atom. The van der Waals surface area contributed by atoms with Gasteiger partial charge >= 0.3 is 0 Å². The van der Waals surface area contributed by atoms with Crippen LogP contribution in [-0.2, 0) is 13.0 Å². The standard InChI is InChI=1S/C18H24N4S/c1-13-21-16(12-23-13)11-22(3)18(19-2)20-10-15-9-8-14-6-4-5-7-17(14)15/h4-7,12,15H,8-11H2,1-3H3,(H,19,20). The largest absolute Gasteiger partial charge is 0.356 e. The second-order valence-corrected chi connectivity index (χ2v) is 7.14. The highest BCUT2D eigenvalue weighted by Gasteiger charge is 2.22. The first-order valence-corrected chi connectivity index (χ1v) is 8.96. The summed E-state index contributed by atoms with van der Waals surface area (Å²) in [4.78, 5) is 11.1. The predicted molar refractivity (Wildman–Crippen MR) is 97.2 cm³/mol. The van der Waals surface area contributed by atoms with E-state index in [1.54, 1.807) is 11.3 Å². The second kappa shape index (κ2) is 7.13. The molecule has 0 bridgehead atoms. The number of aliphatic imine (C=N–C) groups is 1. The molecule has 1 unspecified atom stereocenters. The fourth-order valence-electron chi connectivity index (χ4n) is 3.26. The number of nitrogens with zero attached hydrogens (tertiary/aromatic N) is 3. The van der Waals surface area contributed by atoms with Crippen molar-refractivity contribution in [3.05, 3.63) is 51.5 Å². The molecular weight excluding hydrogens is 304 g/mol. The molecule has 122 valence electrons. The number of thiazole rings is 1. The molecule has 1 N–H and O–H groups in total. The van der Waals surface area contributed by atoms with Gasteiger partial charge in [-0.3, -0.25) is 4.99 Å². The Bertz CT molecular complexity index is 692. The molecule has 0 aliphatic heterocycles. The number of hydrogen-bond donors (Lipinski definition) is 1. The number of aryl methyl sites for hydroxylation is 2. The maximum atomic E-state index is 4.53. The minimum Gasteiger partial charge on any atom is -0.356 e. The summed E-state index contributed by atoms with van der Waals surface area (Å²) in [6, 6.07) is 8.79. The smallest absolute Gasteiger partial charge is 0.193 e. The highest BCUT2D eigenvalue weighted by Crippen LogP contribution is 2.32. The monoisotopic (exact) mass is 328 g/mol. The van der Waals surface area contributed by atoms with E-state index in [0.717, 1.165) is 29.8 Å². The molecule has 0 spiro atoms. The zero-order valence-electron chi connectivity index (χ0n) is 14.0. The van der Waals surface area contributed by atoms with Crippen LogP contribution >= 0.6 is 11.3 Å². The molecular formula is C18H24N4S. The average molecular weight is 328 g/mol. The molecule has 0 radical (unpaired) electrons. The van der Waals surface area contributed by atoms with Crippen LogP contribution in [0.15, 0.2) is 34.6 Å². The van der Waals surface area contributed by atoms with Crippen LogP contribution < -0.4 is 5.32 Å². The molecule has 4 nitrogen and oxygen atoms in total. The molecule has 1 aliphatic rings. The van der Waals surface area contributed by atoms with Crippen molar-refractivity contribution in [2.45, 2.75) is 32.2 Å². The number of benzene rings is 1. The lowest BCUT2D eigenvalue weighted by Crippen LogP contribution is -2.40. The van der Waals surface area contributed by atoms with E-state index >= 15 is 0 Å². The highest BCUT2D eigenvalue weighted by molar-refractivity contribution is 7.09. The Kier molecular flexibility index (Phi) is 4.96. The van der Waals surface area contributed by atoms with Crippen molar-refractivity contribution < 1.29 is 0 Å². The summed E-state index contributed by atoms with van der Waals surface area (Å²) in [6.45, 7) is 3.76. The van der Waals surface area contributed by atoms with Crippen LogP contribution in [-0.4, -0.2) is 36.5 Å². The summed E-state index contributed by atoms with van der Waals surface area (Å²) in [6.07, 6.45) is 2.41. The van der Waals surface area contributed by atoms with Crippen molar-refractivity contribution in [3.63, 3.8) is 0 Å². The SMILES string of the molecule is CN=C(NCC1CCc2ccccc21)N(C)Cc1csc(C)n1. The van der Waals surface area contributed by atoms with Gasteiger partial charge in [0.2, 0.25) is 0 Å². The normalized spacial score (nSPS) is 17.2. The summed E-state index contributed by atoms with van der Waals surface area (Å²) < 4.78 is 0. The van der Waals surface area contributed by atoms with E-state index in [-0.39, 0.29) is 0 Å². The molecule has 1 aromatic carbocycles. The topological polar surface area (TPSA) is 40.5 Å². The van der Waals surface area contributed by atoms with Gasteiger partial charge in [-0.1, -0.05) is 24.3 Å². The van der Waals surface area contributed by atoms with Crippen molar-refractivity contribution in [1.82, 2.24) is 15.2 Å². The third-order valence-corrected chi connectivity index (χ3v) is 5.23. The first-order chi connectivity index (χ1) is 11.2. The molecule has 0 saturated heterocycles. The van der Waals surface area contributed by atoms with Gasteiger partial charge in [-0.2, -0.15) is 0 Å². The first-order valence-electron chi connectivity index (χ1n) is 8.08. The van der Waals surface area contributed by atoms with E-state index in [1.165, 1.54) is 24.0 Å². The Morgan fingerprint density at radius 1 is 1.43 bits per heavy atom. The lowest BCUT2D eigenvalue weighted by Gasteiger charge is -2.23. The van der Waals surface area contributed by atoms with E-state index in [2.05, 4.69) is 56.9 Å². The number of aromatic nitrogens is 1. The van der Waals surface area contributed by atoms with Gasteiger partial charge in [-0.15, -0.1) is 11.3 Å². The fraction of sp³-hybridized carbons (Fsp3) is 0.444. The van der Waals surface area contributed by atoms with Crippen LogP contribution in [0.1, 0.15) is 34.2 Å². The minimum absolute atomic E-state index is 0.581. The van der Waals surface area contributed by atoms with Crippen LogP contribution in [0.2, 0.25) is 0 Å². The third kappa shape index (κ3) is 3.72. The number of rotatable bonds is 4. The zero-order valence-corrected chi connectivity index (χ0v) is 14.9. The van der Waals surface area contributed by atoms with E-state index < -0.39 is 0 Å². The van der Waals surface area contributed by atoms with Crippen LogP contribution in [0.5, 0.6) is 0 Å². The Morgan fingerprint density at radius 2 is 2.26 bits per heavy atom. The van der Waals surface area contributed by atoms with E-state index in [9.17, 15) is 0 Å². The van der Waals surface area contributed by atoms with Crippen molar-refractivity contribution in [1.29, 1.82) is 0 Å². The molecule has 1 heterocycles. The predicted octanol–water partition coefficient (Wildman–Crippen LogP) is 3.19. The Balaban J connectivity index is 1.58. The molecule has 0 amide bonds. The van der Waals surface area contributed by atoms with Gasteiger partial charge in [0.25, 0.3) is 0 Å². The maximum Gasteiger partial charge on any atom is 0.193 e. The van der Waals surface area contributed by atoms with Gasteiger partial charge in [0.1, 0.15) is 0 Å². The minimum atomic E-state index is 0.581. The van der Waals surface area contributed by atoms with Crippen molar-refractivity contribution >= 4 is 17.3 Å². The van der Waals surface area contributed by atoms with E-state index in [4.69, 9.17) is 0 Å². The maximum absolute atomic E-state index is 4.53. The number of hydrogen-bond acceptors (Lipinski definition) is 3. The number of fused-ring (bicyclic) bond motifs is 1. The van der Waals surface area contributed by atoms with Crippen molar-refractivity contribution in [2.24, 2.45) is 4.99 Å². The lowest BCUT2D eigenvalue weighted by atomic mass is 10.0. The second-order valence-electron chi connectivity index (χ2n) is 6.08. The average Bonchev–Trinajstić information content (AvgIpc) is 3.14. The molecule has 23 heavy (non-hydrogen) atoms. The van der Waals surface area contributed by atoms with Gasteiger partial charge in [-0.05, 0) is 30.9 Å².